The standard InChI is InChI=1S/C10H6N2O2/c11-4-6-1-2-9-7(3-6)8(5-12-9)10(13)14/h1-3,5,12H,(H,13,14). The molecule has 1 aromatic heterocycles. The van der Waals surface area contributed by atoms with E-state index in [2.05, 4.69) is 4.98 Å². The first-order valence-corrected chi connectivity index (χ1v) is 3.97. The fourth-order valence-corrected chi connectivity index (χ4v) is 1.37. The number of nitriles is 1. The van der Waals surface area contributed by atoms with Crippen molar-refractivity contribution in [2.24, 2.45) is 0 Å². The largest absolute Gasteiger partial charge is 0.478 e. The van der Waals surface area contributed by atoms with E-state index < -0.39 is 5.97 Å². The van der Waals surface area contributed by atoms with E-state index >= 15 is 0 Å². The highest BCUT2D eigenvalue weighted by Gasteiger charge is 2.10. The normalized spacial score (nSPS) is 9.93. The summed E-state index contributed by atoms with van der Waals surface area (Å²) >= 11 is 0. The van der Waals surface area contributed by atoms with Gasteiger partial charge >= 0.3 is 5.97 Å². The molecule has 0 fully saturated rings. The third-order valence-corrected chi connectivity index (χ3v) is 2.04. The molecule has 68 valence electrons. The Bertz CT molecular complexity index is 549. The van der Waals surface area contributed by atoms with Crippen molar-refractivity contribution < 1.29 is 9.90 Å². The first-order chi connectivity index (χ1) is 6.72. The predicted molar refractivity (Wildman–Crippen MR) is 50.0 cm³/mol. The minimum atomic E-state index is -0.994. The molecule has 0 aliphatic rings. The van der Waals surface area contributed by atoms with Gasteiger partial charge in [0.05, 0.1) is 17.2 Å². The maximum absolute atomic E-state index is 10.8. The minimum absolute atomic E-state index is 0.192. The number of hydrogen-bond donors (Lipinski definition) is 2. The molecule has 1 aromatic carbocycles. The van der Waals surface area contributed by atoms with Crippen molar-refractivity contribution in [2.75, 3.05) is 0 Å². The van der Waals surface area contributed by atoms with Gasteiger partial charge in [-0.1, -0.05) is 0 Å². The second-order valence-corrected chi connectivity index (χ2v) is 2.88. The molecule has 0 aliphatic heterocycles. The van der Waals surface area contributed by atoms with Gasteiger partial charge in [-0.05, 0) is 18.2 Å². The zero-order valence-electron chi connectivity index (χ0n) is 7.11. The van der Waals surface area contributed by atoms with Gasteiger partial charge in [0.2, 0.25) is 0 Å². The number of carboxylic acid groups (broad SMARTS) is 1. The van der Waals surface area contributed by atoms with E-state index in [1.807, 2.05) is 6.07 Å². The zero-order valence-corrected chi connectivity index (χ0v) is 7.11. The molecule has 4 nitrogen and oxygen atoms in total. The molecular formula is C10H6N2O2. The molecule has 0 atom stereocenters. The lowest BCUT2D eigenvalue weighted by molar-refractivity contribution is 0.0699. The van der Waals surface area contributed by atoms with Crippen LogP contribution in [0.5, 0.6) is 0 Å². The molecule has 0 amide bonds. The number of aromatic nitrogens is 1. The lowest BCUT2D eigenvalue weighted by Crippen LogP contribution is -1.93. The van der Waals surface area contributed by atoms with Crippen molar-refractivity contribution in [3.05, 3.63) is 35.5 Å². The van der Waals surface area contributed by atoms with E-state index in [0.717, 1.165) is 5.52 Å². The molecule has 14 heavy (non-hydrogen) atoms. The van der Waals surface area contributed by atoms with Gasteiger partial charge in [0.15, 0.2) is 0 Å². The van der Waals surface area contributed by atoms with Crippen LogP contribution in [-0.2, 0) is 0 Å². The second kappa shape index (κ2) is 2.89. The molecule has 0 saturated heterocycles. The van der Waals surface area contributed by atoms with Crippen LogP contribution in [0.15, 0.2) is 24.4 Å². The quantitative estimate of drug-likeness (QED) is 0.712. The smallest absolute Gasteiger partial charge is 0.337 e. The van der Waals surface area contributed by atoms with E-state index in [-0.39, 0.29) is 5.56 Å². The Labute approximate surface area is 79.4 Å². The third-order valence-electron chi connectivity index (χ3n) is 2.04. The van der Waals surface area contributed by atoms with E-state index in [0.29, 0.717) is 10.9 Å². The number of H-pyrrole nitrogens is 1. The Morgan fingerprint density at radius 2 is 2.29 bits per heavy atom. The lowest BCUT2D eigenvalue weighted by Gasteiger charge is -1.92. The predicted octanol–water partition coefficient (Wildman–Crippen LogP) is 1.74. The summed E-state index contributed by atoms with van der Waals surface area (Å²) in [7, 11) is 0. The van der Waals surface area contributed by atoms with E-state index in [1.54, 1.807) is 18.2 Å². The molecule has 2 rings (SSSR count). The Morgan fingerprint density at radius 3 is 2.93 bits per heavy atom. The topological polar surface area (TPSA) is 76.9 Å². The van der Waals surface area contributed by atoms with Crippen LogP contribution >= 0.6 is 0 Å². The molecule has 0 spiro atoms. The van der Waals surface area contributed by atoms with Crippen LogP contribution in [-0.4, -0.2) is 16.1 Å². The van der Waals surface area contributed by atoms with Crippen molar-refractivity contribution >= 4 is 16.9 Å². The van der Waals surface area contributed by atoms with E-state index in [1.165, 1.54) is 6.20 Å². The molecule has 4 heteroatoms. The number of aromatic carboxylic acids is 1. The Kier molecular flexibility index (Phi) is 1.72. The van der Waals surface area contributed by atoms with Crippen LogP contribution in [0.1, 0.15) is 15.9 Å². The summed E-state index contributed by atoms with van der Waals surface area (Å²) in [6.45, 7) is 0. The minimum Gasteiger partial charge on any atom is -0.478 e. The number of carboxylic acids is 1. The summed E-state index contributed by atoms with van der Waals surface area (Å²) in [5, 5.41) is 18.1. The second-order valence-electron chi connectivity index (χ2n) is 2.88. The monoisotopic (exact) mass is 186 g/mol. The average molecular weight is 186 g/mol. The van der Waals surface area contributed by atoms with Crippen LogP contribution in [0.4, 0.5) is 0 Å². The van der Waals surface area contributed by atoms with Crippen molar-refractivity contribution in [2.45, 2.75) is 0 Å². The Balaban J connectivity index is 2.77. The van der Waals surface area contributed by atoms with Crippen LogP contribution in [0, 0.1) is 11.3 Å². The summed E-state index contributed by atoms with van der Waals surface area (Å²) in [6.07, 6.45) is 1.42. The molecule has 2 N–H and O–H groups in total. The average Bonchev–Trinajstić information content (AvgIpc) is 2.59. The van der Waals surface area contributed by atoms with Crippen molar-refractivity contribution in [1.82, 2.24) is 4.98 Å². The molecule has 0 aliphatic carbocycles. The van der Waals surface area contributed by atoms with E-state index in [9.17, 15) is 4.79 Å². The molecule has 0 radical (unpaired) electrons. The summed E-state index contributed by atoms with van der Waals surface area (Å²) < 4.78 is 0. The van der Waals surface area contributed by atoms with Gasteiger partial charge in [-0.3, -0.25) is 0 Å². The van der Waals surface area contributed by atoms with Crippen LogP contribution < -0.4 is 0 Å². The number of carbonyl (C=O) groups is 1. The van der Waals surface area contributed by atoms with Gasteiger partial charge in [0.25, 0.3) is 0 Å². The summed E-state index contributed by atoms with van der Waals surface area (Å²) in [5.74, 6) is -0.994. The zero-order chi connectivity index (χ0) is 10.1. The molecule has 1 heterocycles. The fraction of sp³-hybridized carbons (Fsp3) is 0. The van der Waals surface area contributed by atoms with Crippen LogP contribution in [0.25, 0.3) is 10.9 Å². The highest BCUT2D eigenvalue weighted by Crippen LogP contribution is 2.19. The van der Waals surface area contributed by atoms with Crippen LogP contribution in [0.2, 0.25) is 0 Å². The highest BCUT2D eigenvalue weighted by atomic mass is 16.4. The van der Waals surface area contributed by atoms with Crippen molar-refractivity contribution in [3.63, 3.8) is 0 Å². The summed E-state index contributed by atoms with van der Waals surface area (Å²) in [6, 6.07) is 6.87. The molecule has 0 unspecified atom stereocenters. The Hall–Kier alpha value is -2.28. The number of benzene rings is 1. The maximum atomic E-state index is 10.8. The number of fused-ring (bicyclic) bond motifs is 1. The van der Waals surface area contributed by atoms with Gasteiger partial charge in [-0.2, -0.15) is 5.26 Å². The van der Waals surface area contributed by atoms with Crippen LogP contribution in [0.3, 0.4) is 0 Å². The number of hydrogen-bond acceptors (Lipinski definition) is 2. The lowest BCUT2D eigenvalue weighted by atomic mass is 10.1. The van der Waals surface area contributed by atoms with Crippen molar-refractivity contribution in [3.8, 4) is 6.07 Å². The molecule has 0 bridgehead atoms. The van der Waals surface area contributed by atoms with Gasteiger partial charge in [0, 0.05) is 17.1 Å². The SMILES string of the molecule is N#Cc1ccc2[nH]cc(C(=O)O)c2c1. The molecular weight excluding hydrogens is 180 g/mol. The van der Waals surface area contributed by atoms with Gasteiger partial charge in [-0.15, -0.1) is 0 Å². The maximum Gasteiger partial charge on any atom is 0.337 e. The third kappa shape index (κ3) is 1.12. The van der Waals surface area contributed by atoms with Crippen molar-refractivity contribution in [1.29, 1.82) is 5.26 Å². The Morgan fingerprint density at radius 1 is 1.50 bits per heavy atom. The first kappa shape index (κ1) is 8.32. The van der Waals surface area contributed by atoms with Gasteiger partial charge in [0.1, 0.15) is 0 Å². The first-order valence-electron chi connectivity index (χ1n) is 3.97. The molecule has 2 aromatic rings. The number of aromatic amines is 1. The number of nitrogens with zero attached hydrogens (tertiary/aromatic N) is 1. The number of nitrogens with one attached hydrogen (secondary N) is 1. The summed E-state index contributed by atoms with van der Waals surface area (Å²) in [5.41, 5.74) is 1.37. The fourth-order valence-electron chi connectivity index (χ4n) is 1.37. The highest BCUT2D eigenvalue weighted by molar-refractivity contribution is 6.03. The molecule has 0 saturated carbocycles. The summed E-state index contributed by atoms with van der Waals surface area (Å²) in [4.78, 5) is 13.6. The van der Waals surface area contributed by atoms with Gasteiger partial charge in [-0.25, -0.2) is 4.79 Å². The van der Waals surface area contributed by atoms with E-state index in [4.69, 9.17) is 10.4 Å². The van der Waals surface area contributed by atoms with Gasteiger partial charge < -0.3 is 10.1 Å². The number of rotatable bonds is 1.